The fourth-order valence-corrected chi connectivity index (χ4v) is 2.65. The molecular formula is C10H10BNO4S. The van der Waals surface area contributed by atoms with Gasteiger partial charge in [0.1, 0.15) is 0 Å². The van der Waals surface area contributed by atoms with E-state index in [1.165, 1.54) is 12.1 Å². The van der Waals surface area contributed by atoms with Crippen molar-refractivity contribution in [3.05, 3.63) is 29.3 Å². The van der Waals surface area contributed by atoms with E-state index in [0.717, 1.165) is 6.26 Å². The first-order valence-corrected chi connectivity index (χ1v) is 6.88. The van der Waals surface area contributed by atoms with Gasteiger partial charge in [-0.15, -0.1) is 0 Å². The highest BCUT2D eigenvalue weighted by Gasteiger charge is 2.38. The fraction of sp³-hybridized carbons (Fsp3) is 0.300. The molecule has 5 nitrogen and oxygen atoms in total. The van der Waals surface area contributed by atoms with Gasteiger partial charge in [-0.1, -0.05) is 6.07 Å². The predicted octanol–water partition coefficient (Wildman–Crippen LogP) is 0.247. The van der Waals surface area contributed by atoms with Gasteiger partial charge in [-0.3, -0.25) is 0 Å². The number of aliphatic hydroxyl groups excluding tert-OH is 1. The Bertz CT molecular complexity index is 593. The number of sulfone groups is 1. The van der Waals surface area contributed by atoms with Crippen LogP contribution in [0.3, 0.4) is 0 Å². The maximum atomic E-state index is 11.4. The number of hydrogen-bond acceptors (Lipinski definition) is 5. The molecule has 1 N–H and O–H groups in total. The standard InChI is InChI=1S/C10H10BNO4S/c1-17(14,15)8-2-3-9-7(4-8)5-11(10(9)13)16-6-12/h2-4,10,13H,5H2,1H3. The second kappa shape index (κ2) is 4.06. The monoisotopic (exact) mass is 251 g/mol. The van der Waals surface area contributed by atoms with Gasteiger partial charge in [0.2, 0.25) is 0 Å². The van der Waals surface area contributed by atoms with Crippen molar-refractivity contribution in [2.24, 2.45) is 0 Å². The summed E-state index contributed by atoms with van der Waals surface area (Å²) in [7, 11) is -3.26. The Kier molecular flexibility index (Phi) is 2.85. The van der Waals surface area contributed by atoms with Crippen LogP contribution >= 0.6 is 0 Å². The molecule has 1 aromatic carbocycles. The molecule has 0 fully saturated rings. The van der Waals surface area contributed by atoms with Crippen molar-refractivity contribution in [1.29, 1.82) is 5.26 Å². The smallest absolute Gasteiger partial charge is 0.411 e. The zero-order valence-corrected chi connectivity index (χ0v) is 9.94. The molecule has 1 unspecified atom stereocenters. The van der Waals surface area contributed by atoms with Gasteiger partial charge in [-0.2, -0.15) is 5.26 Å². The summed E-state index contributed by atoms with van der Waals surface area (Å²) < 4.78 is 27.5. The van der Waals surface area contributed by atoms with E-state index in [-0.39, 0.29) is 4.90 Å². The van der Waals surface area contributed by atoms with Crippen LogP contribution in [0.15, 0.2) is 23.1 Å². The zero-order chi connectivity index (χ0) is 12.6. The van der Waals surface area contributed by atoms with Gasteiger partial charge in [-0.25, -0.2) is 8.42 Å². The topological polar surface area (TPSA) is 87.4 Å². The van der Waals surface area contributed by atoms with Crippen LogP contribution in [0.4, 0.5) is 0 Å². The molecule has 1 heterocycles. The van der Waals surface area contributed by atoms with E-state index in [9.17, 15) is 13.5 Å². The molecule has 17 heavy (non-hydrogen) atoms. The molecule has 88 valence electrons. The third-order valence-electron chi connectivity index (χ3n) is 2.84. The highest BCUT2D eigenvalue weighted by atomic mass is 32.2. The summed E-state index contributed by atoms with van der Waals surface area (Å²) in [6, 6.07) is 3.66. The molecule has 0 bridgehead atoms. The van der Waals surface area contributed by atoms with Crippen LogP contribution in [0.5, 0.6) is 0 Å². The summed E-state index contributed by atoms with van der Waals surface area (Å²) in [6.07, 6.45) is 3.01. The van der Waals surface area contributed by atoms with Crippen LogP contribution in [0, 0.1) is 11.5 Å². The second-order valence-electron chi connectivity index (χ2n) is 4.03. The Hall–Kier alpha value is -1.52. The number of rotatable bonds is 2. The first kappa shape index (κ1) is 12.0. The van der Waals surface area contributed by atoms with Crippen LogP contribution in [0.25, 0.3) is 0 Å². The van der Waals surface area contributed by atoms with E-state index >= 15 is 0 Å². The molecule has 0 spiro atoms. The van der Waals surface area contributed by atoms with Crippen molar-refractivity contribution in [1.82, 2.24) is 0 Å². The largest absolute Gasteiger partial charge is 0.494 e. The van der Waals surface area contributed by atoms with Crippen molar-refractivity contribution < 1.29 is 18.2 Å². The summed E-state index contributed by atoms with van der Waals surface area (Å²) in [5.74, 6) is 0. The molecule has 0 aromatic heterocycles. The van der Waals surface area contributed by atoms with Crippen LogP contribution < -0.4 is 0 Å². The Morgan fingerprint density at radius 1 is 1.59 bits per heavy atom. The number of nitrogens with zero attached hydrogens (tertiary/aromatic N) is 1. The number of benzene rings is 1. The third-order valence-corrected chi connectivity index (χ3v) is 3.95. The molecule has 1 aliphatic heterocycles. The summed E-state index contributed by atoms with van der Waals surface area (Å²) in [5.41, 5.74) is 1.33. The van der Waals surface area contributed by atoms with Gasteiger partial charge in [0.25, 0.3) is 6.26 Å². The first-order valence-electron chi connectivity index (χ1n) is 4.99. The minimum Gasteiger partial charge on any atom is -0.494 e. The molecule has 1 aromatic rings. The van der Waals surface area contributed by atoms with Crippen LogP contribution in [-0.2, 0) is 20.8 Å². The van der Waals surface area contributed by atoms with Gasteiger partial charge in [0.15, 0.2) is 9.84 Å². The predicted molar refractivity (Wildman–Crippen MR) is 60.7 cm³/mol. The summed E-state index contributed by atoms with van der Waals surface area (Å²) >= 11 is 0. The van der Waals surface area contributed by atoms with E-state index in [4.69, 9.17) is 9.92 Å². The average molecular weight is 251 g/mol. The normalized spacial score (nSPS) is 18.6. The lowest BCUT2D eigenvalue weighted by molar-refractivity contribution is 0.237. The molecule has 0 radical (unpaired) electrons. The lowest BCUT2D eigenvalue weighted by Gasteiger charge is -2.07. The van der Waals surface area contributed by atoms with Crippen molar-refractivity contribution in [2.75, 3.05) is 6.26 Å². The third kappa shape index (κ3) is 2.14. The average Bonchev–Trinajstić information content (AvgIpc) is 2.55. The number of nitriles is 1. The highest BCUT2D eigenvalue weighted by molar-refractivity contribution is 7.90. The minimum atomic E-state index is -3.26. The van der Waals surface area contributed by atoms with Crippen molar-refractivity contribution in [2.45, 2.75) is 17.2 Å². The molecule has 0 saturated carbocycles. The lowest BCUT2D eigenvalue weighted by Crippen LogP contribution is -2.22. The first-order chi connectivity index (χ1) is 7.93. The van der Waals surface area contributed by atoms with Gasteiger partial charge < -0.3 is 9.76 Å². The Morgan fingerprint density at radius 2 is 2.29 bits per heavy atom. The minimum absolute atomic E-state index is 0.209. The fourth-order valence-electron chi connectivity index (χ4n) is 1.98. The van der Waals surface area contributed by atoms with E-state index in [1.54, 1.807) is 12.3 Å². The summed E-state index contributed by atoms with van der Waals surface area (Å²) in [5, 5.41) is 18.3. The van der Waals surface area contributed by atoms with Crippen molar-refractivity contribution >= 4 is 16.8 Å². The van der Waals surface area contributed by atoms with Gasteiger partial charge in [0.05, 0.1) is 10.9 Å². The quantitative estimate of drug-likeness (QED) is 0.601. The van der Waals surface area contributed by atoms with Crippen LogP contribution in [-0.4, -0.2) is 26.7 Å². The summed E-state index contributed by atoms with van der Waals surface area (Å²) in [4.78, 5) is 0.209. The molecule has 2 rings (SSSR count). The van der Waals surface area contributed by atoms with E-state index in [0.29, 0.717) is 17.4 Å². The van der Waals surface area contributed by atoms with Gasteiger partial charge in [-0.05, 0) is 29.6 Å². The molecule has 0 saturated heterocycles. The van der Waals surface area contributed by atoms with E-state index in [2.05, 4.69) is 0 Å². The second-order valence-corrected chi connectivity index (χ2v) is 6.05. The maximum Gasteiger partial charge on any atom is 0.411 e. The SMILES string of the molecule is CS(=O)(=O)c1ccc2c(c1)CB(OC#N)C2O. The maximum absolute atomic E-state index is 11.4. The molecule has 1 atom stereocenters. The number of fused-ring (bicyclic) bond motifs is 1. The van der Waals surface area contributed by atoms with Crippen LogP contribution in [0.1, 0.15) is 17.1 Å². The number of hydrogen-bond donors (Lipinski definition) is 1. The zero-order valence-electron chi connectivity index (χ0n) is 9.12. The molecule has 7 heteroatoms. The van der Waals surface area contributed by atoms with E-state index in [1.807, 2.05) is 0 Å². The van der Waals surface area contributed by atoms with Gasteiger partial charge in [0, 0.05) is 6.26 Å². The molecule has 1 aliphatic rings. The van der Waals surface area contributed by atoms with Crippen LogP contribution in [0.2, 0.25) is 0 Å². The Balaban J connectivity index is 2.40. The summed E-state index contributed by atoms with van der Waals surface area (Å²) in [6.45, 7) is -0.621. The number of aliphatic hydroxyl groups is 1. The highest BCUT2D eigenvalue weighted by Crippen LogP contribution is 2.32. The lowest BCUT2D eigenvalue weighted by atomic mass is 9.62. The molecule has 0 amide bonds. The Labute approximate surface area is 99.7 Å². The molecule has 0 aliphatic carbocycles. The van der Waals surface area contributed by atoms with Crippen molar-refractivity contribution in [3.8, 4) is 6.26 Å². The molecular weight excluding hydrogens is 241 g/mol. The van der Waals surface area contributed by atoms with Crippen molar-refractivity contribution in [3.63, 3.8) is 0 Å². The van der Waals surface area contributed by atoms with E-state index < -0.39 is 22.8 Å². The van der Waals surface area contributed by atoms with Gasteiger partial charge >= 0.3 is 6.92 Å². The Morgan fingerprint density at radius 3 is 2.88 bits per heavy atom.